The molecule has 1 heterocycles. The SMILES string of the molecule is CCCNCc1nnc(CCOCC(F)F)s1. The molecule has 98 valence electrons. The van der Waals surface area contributed by atoms with Crippen LogP contribution in [0.5, 0.6) is 0 Å². The minimum atomic E-state index is -2.40. The van der Waals surface area contributed by atoms with Crippen molar-refractivity contribution in [3.63, 3.8) is 0 Å². The first kappa shape index (κ1) is 14.4. The number of alkyl halides is 2. The van der Waals surface area contributed by atoms with E-state index in [-0.39, 0.29) is 6.61 Å². The lowest BCUT2D eigenvalue weighted by atomic mass is 10.5. The fourth-order valence-corrected chi connectivity index (χ4v) is 1.96. The molecule has 0 aliphatic carbocycles. The van der Waals surface area contributed by atoms with Gasteiger partial charge < -0.3 is 10.1 Å². The van der Waals surface area contributed by atoms with Gasteiger partial charge in [0.1, 0.15) is 16.6 Å². The standard InChI is InChI=1S/C10H17F2N3OS/c1-2-4-13-6-10-15-14-9(17-10)3-5-16-7-8(11)12/h8,13H,2-7H2,1H3. The number of nitrogens with zero attached hydrogens (tertiary/aromatic N) is 2. The lowest BCUT2D eigenvalue weighted by Gasteiger charge is -2.00. The molecule has 0 spiro atoms. The van der Waals surface area contributed by atoms with E-state index in [1.54, 1.807) is 0 Å². The van der Waals surface area contributed by atoms with Crippen LogP contribution in [0, 0.1) is 0 Å². The molecule has 0 aromatic carbocycles. The first-order valence-electron chi connectivity index (χ1n) is 5.60. The van der Waals surface area contributed by atoms with Gasteiger partial charge >= 0.3 is 0 Å². The molecule has 0 radical (unpaired) electrons. The van der Waals surface area contributed by atoms with Crippen molar-refractivity contribution in [2.45, 2.75) is 32.7 Å². The van der Waals surface area contributed by atoms with Gasteiger partial charge in [0.2, 0.25) is 0 Å². The van der Waals surface area contributed by atoms with Gasteiger partial charge in [0.05, 0.1) is 6.61 Å². The van der Waals surface area contributed by atoms with Crippen molar-refractivity contribution in [3.8, 4) is 0 Å². The van der Waals surface area contributed by atoms with Crippen molar-refractivity contribution < 1.29 is 13.5 Å². The van der Waals surface area contributed by atoms with Crippen molar-refractivity contribution in [2.24, 2.45) is 0 Å². The molecule has 7 heteroatoms. The van der Waals surface area contributed by atoms with Crippen LogP contribution in [-0.4, -0.2) is 36.4 Å². The second kappa shape index (κ2) is 8.43. The highest BCUT2D eigenvalue weighted by Crippen LogP contribution is 2.10. The zero-order chi connectivity index (χ0) is 12.5. The smallest absolute Gasteiger partial charge is 0.261 e. The molecule has 1 aromatic rings. The van der Waals surface area contributed by atoms with Gasteiger partial charge in [-0.3, -0.25) is 0 Å². The van der Waals surface area contributed by atoms with Crippen LogP contribution in [0.15, 0.2) is 0 Å². The Balaban J connectivity index is 2.16. The molecule has 0 bridgehead atoms. The molecule has 0 saturated carbocycles. The van der Waals surface area contributed by atoms with Crippen LogP contribution >= 0.6 is 11.3 Å². The topological polar surface area (TPSA) is 47.0 Å². The van der Waals surface area contributed by atoms with Gasteiger partial charge in [-0.25, -0.2) is 8.78 Å². The monoisotopic (exact) mass is 265 g/mol. The van der Waals surface area contributed by atoms with Gasteiger partial charge in [0.15, 0.2) is 0 Å². The van der Waals surface area contributed by atoms with E-state index < -0.39 is 13.0 Å². The zero-order valence-corrected chi connectivity index (χ0v) is 10.6. The number of halogens is 2. The minimum Gasteiger partial charge on any atom is -0.375 e. The van der Waals surface area contributed by atoms with Crippen molar-refractivity contribution >= 4 is 11.3 Å². The van der Waals surface area contributed by atoms with Crippen LogP contribution in [0.3, 0.4) is 0 Å². The average molecular weight is 265 g/mol. The molecule has 1 rings (SSSR count). The predicted molar refractivity (Wildman–Crippen MR) is 62.4 cm³/mol. The molecule has 0 atom stereocenters. The summed E-state index contributed by atoms with van der Waals surface area (Å²) in [5, 5.41) is 12.9. The molecule has 0 amide bonds. The van der Waals surface area contributed by atoms with Crippen LogP contribution in [0.1, 0.15) is 23.4 Å². The molecule has 17 heavy (non-hydrogen) atoms. The number of aromatic nitrogens is 2. The van der Waals surface area contributed by atoms with Gasteiger partial charge in [0.25, 0.3) is 6.43 Å². The maximum atomic E-state index is 11.8. The van der Waals surface area contributed by atoms with Crippen molar-refractivity contribution in [1.82, 2.24) is 15.5 Å². The van der Waals surface area contributed by atoms with E-state index in [1.807, 2.05) is 0 Å². The van der Waals surface area contributed by atoms with Crippen LogP contribution in [0.2, 0.25) is 0 Å². The average Bonchev–Trinajstić information content (AvgIpc) is 2.73. The normalized spacial score (nSPS) is 11.3. The fraction of sp³-hybridized carbons (Fsp3) is 0.800. The Labute approximate surface area is 103 Å². The lowest BCUT2D eigenvalue weighted by molar-refractivity contribution is 0.0186. The van der Waals surface area contributed by atoms with Crippen LogP contribution < -0.4 is 5.32 Å². The summed E-state index contributed by atoms with van der Waals surface area (Å²) in [6, 6.07) is 0. The Morgan fingerprint density at radius 1 is 1.35 bits per heavy atom. The van der Waals surface area contributed by atoms with Gasteiger partial charge in [-0.05, 0) is 13.0 Å². The number of hydrogen-bond acceptors (Lipinski definition) is 5. The van der Waals surface area contributed by atoms with E-state index in [0.29, 0.717) is 13.0 Å². The third kappa shape index (κ3) is 6.60. The van der Waals surface area contributed by atoms with E-state index in [0.717, 1.165) is 23.0 Å². The molecule has 1 N–H and O–H groups in total. The van der Waals surface area contributed by atoms with Gasteiger partial charge in [0, 0.05) is 13.0 Å². The third-order valence-corrected chi connectivity index (χ3v) is 2.90. The Bertz CT molecular complexity index is 309. The Hall–Kier alpha value is -0.660. The van der Waals surface area contributed by atoms with E-state index in [2.05, 4.69) is 22.4 Å². The molecule has 1 aromatic heterocycles. The number of hydrogen-bond donors (Lipinski definition) is 1. The van der Waals surface area contributed by atoms with Crippen LogP contribution in [0.4, 0.5) is 8.78 Å². The molecular formula is C10H17F2N3OS. The highest BCUT2D eigenvalue weighted by molar-refractivity contribution is 7.11. The summed E-state index contributed by atoms with van der Waals surface area (Å²) in [6.45, 7) is 3.51. The van der Waals surface area contributed by atoms with E-state index >= 15 is 0 Å². The molecule has 0 aliphatic heterocycles. The zero-order valence-electron chi connectivity index (χ0n) is 9.79. The highest BCUT2D eigenvalue weighted by atomic mass is 32.1. The quantitative estimate of drug-likeness (QED) is 0.692. The third-order valence-electron chi connectivity index (χ3n) is 1.92. The van der Waals surface area contributed by atoms with Crippen molar-refractivity contribution in [2.75, 3.05) is 19.8 Å². The molecule has 0 aliphatic rings. The fourth-order valence-electron chi connectivity index (χ4n) is 1.16. The second-order valence-corrected chi connectivity index (χ2v) is 4.63. The number of nitrogens with one attached hydrogen (secondary N) is 1. The van der Waals surface area contributed by atoms with Crippen molar-refractivity contribution in [3.05, 3.63) is 10.0 Å². The highest BCUT2D eigenvalue weighted by Gasteiger charge is 2.05. The van der Waals surface area contributed by atoms with Crippen LogP contribution in [0.25, 0.3) is 0 Å². The number of rotatable bonds is 9. The van der Waals surface area contributed by atoms with Gasteiger partial charge in [-0.15, -0.1) is 21.5 Å². The molecular weight excluding hydrogens is 248 g/mol. The summed E-state index contributed by atoms with van der Waals surface area (Å²) < 4.78 is 28.3. The molecule has 4 nitrogen and oxygen atoms in total. The Kier molecular flexibility index (Phi) is 7.14. The maximum absolute atomic E-state index is 11.8. The predicted octanol–water partition coefficient (Wildman–Crippen LogP) is 1.86. The summed E-state index contributed by atoms with van der Waals surface area (Å²) in [4.78, 5) is 0. The summed E-state index contributed by atoms with van der Waals surface area (Å²) in [5.74, 6) is 0. The molecule has 0 fully saturated rings. The summed E-state index contributed by atoms with van der Waals surface area (Å²) in [6.07, 6.45) is -0.788. The second-order valence-electron chi connectivity index (χ2n) is 3.48. The molecule has 0 unspecified atom stereocenters. The van der Waals surface area contributed by atoms with Crippen molar-refractivity contribution in [1.29, 1.82) is 0 Å². The molecule has 0 saturated heterocycles. The minimum absolute atomic E-state index is 0.265. The first-order chi connectivity index (χ1) is 8.22. The summed E-state index contributed by atoms with van der Waals surface area (Å²) >= 11 is 1.49. The number of ether oxygens (including phenoxy) is 1. The van der Waals surface area contributed by atoms with Gasteiger partial charge in [-0.1, -0.05) is 6.92 Å². The lowest BCUT2D eigenvalue weighted by Crippen LogP contribution is -2.13. The Morgan fingerprint density at radius 2 is 2.12 bits per heavy atom. The summed E-state index contributed by atoms with van der Waals surface area (Å²) in [7, 11) is 0. The van der Waals surface area contributed by atoms with E-state index in [4.69, 9.17) is 4.74 Å². The largest absolute Gasteiger partial charge is 0.375 e. The maximum Gasteiger partial charge on any atom is 0.261 e. The van der Waals surface area contributed by atoms with E-state index in [1.165, 1.54) is 11.3 Å². The van der Waals surface area contributed by atoms with Gasteiger partial charge in [-0.2, -0.15) is 0 Å². The first-order valence-corrected chi connectivity index (χ1v) is 6.42. The Morgan fingerprint density at radius 3 is 2.82 bits per heavy atom. The van der Waals surface area contributed by atoms with E-state index in [9.17, 15) is 8.78 Å². The van der Waals surface area contributed by atoms with Crippen LogP contribution in [-0.2, 0) is 17.7 Å². The summed E-state index contributed by atoms with van der Waals surface area (Å²) in [5.41, 5.74) is 0.